The van der Waals surface area contributed by atoms with Gasteiger partial charge in [0.1, 0.15) is 25.0 Å². The van der Waals surface area contributed by atoms with E-state index in [0.29, 0.717) is 25.4 Å². The van der Waals surface area contributed by atoms with E-state index in [1.807, 2.05) is 36.4 Å². The van der Waals surface area contributed by atoms with Crippen molar-refractivity contribution >= 4 is 25.5 Å². The number of nitrogens with one attached hydrogen (secondary N) is 1. The minimum Gasteiger partial charge on any atom is -0.444 e. The summed E-state index contributed by atoms with van der Waals surface area (Å²) in [5.41, 5.74) is 1.08. The lowest BCUT2D eigenvalue weighted by atomic mass is 10.1. The lowest BCUT2D eigenvalue weighted by Gasteiger charge is -2.19. The van der Waals surface area contributed by atoms with Crippen molar-refractivity contribution in [3.05, 3.63) is 76.3 Å². The van der Waals surface area contributed by atoms with Crippen LogP contribution in [0.4, 0.5) is 9.18 Å². The maximum atomic E-state index is 13.5. The highest BCUT2D eigenvalue weighted by Gasteiger charge is 2.17. The van der Waals surface area contributed by atoms with Crippen molar-refractivity contribution in [2.45, 2.75) is 71.9 Å². The lowest BCUT2D eigenvalue weighted by molar-refractivity contribution is 0.0532. The average Bonchev–Trinajstić information content (AvgIpc) is 3.70. The van der Waals surface area contributed by atoms with Gasteiger partial charge in [-0.3, -0.25) is 4.57 Å². The molecule has 0 aliphatic heterocycles. The molecule has 0 radical (unpaired) electrons. The van der Waals surface area contributed by atoms with Gasteiger partial charge in [-0.05, 0) is 50.1 Å². The standard InChI is InChI=1S/C30H40FN7O4SSi/c1-30(2,3)42-28(39)32-16-22(15-31)17-38-29(40)36(20-34-38)18-25-11-12-26(43-25)23-7-9-24(10-8-23)27-33-19-37(35-27)21-41-13-14-44(4,5)6/h7-12,15,19-20H,13-14,16-18,21H2,1-6H3,(H,32,39)/b22-15+. The van der Waals surface area contributed by atoms with Crippen LogP contribution in [0.5, 0.6) is 0 Å². The summed E-state index contributed by atoms with van der Waals surface area (Å²) < 4.78 is 28.7. The number of carbonyl (C=O) groups is 1. The zero-order valence-electron chi connectivity index (χ0n) is 26.0. The molecule has 0 aliphatic carbocycles. The molecule has 0 saturated heterocycles. The third-order valence-corrected chi connectivity index (χ3v) is 9.16. The summed E-state index contributed by atoms with van der Waals surface area (Å²) >= 11 is 1.57. The predicted molar refractivity (Wildman–Crippen MR) is 172 cm³/mol. The smallest absolute Gasteiger partial charge is 0.407 e. The molecular weight excluding hydrogens is 602 g/mol. The Bertz CT molecular complexity index is 1630. The summed E-state index contributed by atoms with van der Waals surface area (Å²) in [5, 5.41) is 11.2. The number of aromatic nitrogens is 6. The Morgan fingerprint density at radius 3 is 2.50 bits per heavy atom. The van der Waals surface area contributed by atoms with E-state index >= 15 is 0 Å². The lowest BCUT2D eigenvalue weighted by Crippen LogP contribution is -2.34. The first-order valence-corrected chi connectivity index (χ1v) is 18.9. The van der Waals surface area contributed by atoms with Gasteiger partial charge >= 0.3 is 11.8 Å². The fourth-order valence-electron chi connectivity index (χ4n) is 4.00. The molecule has 236 valence electrons. The molecule has 4 rings (SSSR count). The highest BCUT2D eigenvalue weighted by Crippen LogP contribution is 2.30. The highest BCUT2D eigenvalue weighted by molar-refractivity contribution is 7.15. The van der Waals surface area contributed by atoms with E-state index in [-0.39, 0.29) is 24.4 Å². The third-order valence-electron chi connectivity index (χ3n) is 6.33. The molecule has 3 aromatic heterocycles. The molecule has 0 saturated carbocycles. The number of nitrogens with zero attached hydrogens (tertiary/aromatic N) is 6. The maximum absolute atomic E-state index is 13.5. The summed E-state index contributed by atoms with van der Waals surface area (Å²) in [6.07, 6.45) is 2.81. The fraction of sp³-hybridized carbons (Fsp3) is 0.433. The van der Waals surface area contributed by atoms with Crippen LogP contribution in [0.2, 0.25) is 25.7 Å². The topological polar surface area (TPSA) is 118 Å². The summed E-state index contributed by atoms with van der Waals surface area (Å²) in [4.78, 5) is 31.2. The van der Waals surface area contributed by atoms with Crippen LogP contribution >= 0.6 is 11.3 Å². The third kappa shape index (κ3) is 9.82. The molecule has 1 amide bonds. The van der Waals surface area contributed by atoms with E-state index in [1.54, 1.807) is 43.1 Å². The zero-order valence-corrected chi connectivity index (χ0v) is 27.9. The van der Waals surface area contributed by atoms with Crippen molar-refractivity contribution in [2.24, 2.45) is 0 Å². The molecule has 0 aliphatic rings. The Morgan fingerprint density at radius 2 is 1.82 bits per heavy atom. The van der Waals surface area contributed by atoms with Crippen LogP contribution in [0.25, 0.3) is 21.8 Å². The van der Waals surface area contributed by atoms with Gasteiger partial charge in [0.2, 0.25) is 0 Å². The molecule has 0 unspecified atom stereocenters. The summed E-state index contributed by atoms with van der Waals surface area (Å²) in [6, 6.07) is 13.1. The van der Waals surface area contributed by atoms with Crippen LogP contribution in [0.15, 0.2) is 65.8 Å². The predicted octanol–water partition coefficient (Wildman–Crippen LogP) is 5.77. The zero-order chi connectivity index (χ0) is 31.9. The van der Waals surface area contributed by atoms with Gasteiger partial charge in [0.15, 0.2) is 5.82 Å². The SMILES string of the molecule is CC(C)(C)OC(=O)NC/C(=C\F)Cn1ncn(Cc2ccc(-c3ccc(-c4ncn(COCC[Si](C)(C)C)n4)cc3)s2)c1=O. The number of ether oxygens (including phenoxy) is 2. The van der Waals surface area contributed by atoms with Gasteiger partial charge in [-0.2, -0.15) is 5.10 Å². The second kappa shape index (κ2) is 14.3. The number of thiophene rings is 1. The number of benzene rings is 1. The van der Waals surface area contributed by atoms with E-state index in [4.69, 9.17) is 9.47 Å². The van der Waals surface area contributed by atoms with Gasteiger partial charge < -0.3 is 14.8 Å². The Labute approximate surface area is 261 Å². The molecule has 0 fully saturated rings. The van der Waals surface area contributed by atoms with E-state index in [2.05, 4.69) is 40.1 Å². The van der Waals surface area contributed by atoms with Gasteiger partial charge in [0.05, 0.1) is 19.4 Å². The van der Waals surface area contributed by atoms with Crippen molar-refractivity contribution in [3.63, 3.8) is 0 Å². The van der Waals surface area contributed by atoms with Crippen LogP contribution in [0.1, 0.15) is 25.6 Å². The molecule has 0 bridgehead atoms. The van der Waals surface area contributed by atoms with Crippen molar-refractivity contribution in [1.29, 1.82) is 0 Å². The minimum absolute atomic E-state index is 0.0983. The van der Waals surface area contributed by atoms with Crippen LogP contribution < -0.4 is 11.0 Å². The second-order valence-electron chi connectivity index (χ2n) is 12.6. The minimum atomic E-state index is -1.13. The monoisotopic (exact) mass is 641 g/mol. The summed E-state index contributed by atoms with van der Waals surface area (Å²) in [7, 11) is -1.13. The van der Waals surface area contributed by atoms with Crippen molar-refractivity contribution < 1.29 is 18.7 Å². The van der Waals surface area contributed by atoms with Crippen molar-refractivity contribution in [2.75, 3.05) is 13.2 Å². The highest BCUT2D eigenvalue weighted by atomic mass is 32.1. The van der Waals surface area contributed by atoms with Crippen LogP contribution in [0, 0.1) is 0 Å². The van der Waals surface area contributed by atoms with E-state index in [1.165, 1.54) is 10.9 Å². The van der Waals surface area contributed by atoms with Gasteiger partial charge in [0.25, 0.3) is 0 Å². The molecule has 44 heavy (non-hydrogen) atoms. The molecule has 11 nitrogen and oxygen atoms in total. The van der Waals surface area contributed by atoms with Gasteiger partial charge in [-0.25, -0.2) is 28.3 Å². The summed E-state index contributed by atoms with van der Waals surface area (Å²) in [6.45, 7) is 13.4. The Balaban J connectivity index is 1.32. The van der Waals surface area contributed by atoms with Gasteiger partial charge in [-0.15, -0.1) is 16.4 Å². The van der Waals surface area contributed by atoms with Crippen molar-refractivity contribution in [1.82, 2.24) is 34.4 Å². The number of rotatable bonds is 13. The molecule has 0 spiro atoms. The van der Waals surface area contributed by atoms with Gasteiger partial charge in [-0.1, -0.05) is 43.9 Å². The quantitative estimate of drug-likeness (QED) is 0.145. The molecule has 3 heterocycles. The molecule has 1 N–H and O–H groups in total. The first-order chi connectivity index (χ1) is 20.8. The van der Waals surface area contributed by atoms with Crippen LogP contribution in [0.3, 0.4) is 0 Å². The van der Waals surface area contributed by atoms with Crippen LogP contribution in [-0.2, 0) is 29.3 Å². The number of carbonyl (C=O) groups excluding carboxylic acids is 1. The van der Waals surface area contributed by atoms with Gasteiger partial charge in [0, 0.05) is 36.5 Å². The molecule has 0 atom stereocenters. The molecule has 4 aromatic rings. The number of halogens is 1. The largest absolute Gasteiger partial charge is 0.444 e. The molecular formula is C30H40FN7O4SSi. The fourth-order valence-corrected chi connectivity index (χ4v) is 5.77. The Hall–Kier alpha value is -3.88. The van der Waals surface area contributed by atoms with Crippen LogP contribution in [-0.4, -0.2) is 62.0 Å². The maximum Gasteiger partial charge on any atom is 0.407 e. The van der Waals surface area contributed by atoms with E-state index in [9.17, 15) is 14.0 Å². The second-order valence-corrected chi connectivity index (χ2v) is 19.4. The normalized spacial score (nSPS) is 12.5. The average molecular weight is 642 g/mol. The number of amides is 1. The number of alkyl carbamates (subject to hydrolysis) is 1. The van der Waals surface area contributed by atoms with E-state index in [0.717, 1.165) is 38.2 Å². The van der Waals surface area contributed by atoms with Crippen molar-refractivity contribution in [3.8, 4) is 21.8 Å². The summed E-state index contributed by atoms with van der Waals surface area (Å²) in [5.74, 6) is 0.639. The Kier molecular flexibility index (Phi) is 10.7. The molecule has 1 aromatic carbocycles. The first kappa shape index (κ1) is 33.0. The molecule has 14 heteroatoms. The first-order valence-electron chi connectivity index (χ1n) is 14.3. The number of hydrogen-bond acceptors (Lipinski definition) is 8. The van der Waals surface area contributed by atoms with E-state index < -0.39 is 19.8 Å². The Morgan fingerprint density at radius 1 is 1.09 bits per heavy atom. The number of hydrogen-bond donors (Lipinski definition) is 1.